The number of carboxylic acids is 1. The Morgan fingerprint density at radius 1 is 1.77 bits per heavy atom. The van der Waals surface area contributed by atoms with E-state index in [1.54, 1.807) is 16.3 Å². The van der Waals surface area contributed by atoms with Crippen molar-refractivity contribution >= 4 is 18.6 Å². The summed E-state index contributed by atoms with van der Waals surface area (Å²) in [4.78, 5) is 10.3. The van der Waals surface area contributed by atoms with Gasteiger partial charge in [-0.15, -0.1) is 0 Å². The zero-order valence-electron chi connectivity index (χ0n) is 7.52. The lowest BCUT2D eigenvalue weighted by molar-refractivity contribution is -0.137. The van der Waals surface area contributed by atoms with Gasteiger partial charge in [0.15, 0.2) is 5.16 Å². The maximum atomic E-state index is 10.3. The van der Waals surface area contributed by atoms with E-state index in [9.17, 15) is 4.79 Å². The van der Waals surface area contributed by atoms with Crippen LogP contribution in [0.5, 0.6) is 0 Å². The van der Waals surface area contributed by atoms with Crippen LogP contribution in [0.2, 0.25) is 0 Å². The quantitative estimate of drug-likeness (QED) is 0.560. The molecular weight excluding hydrogens is 190 g/mol. The van der Waals surface area contributed by atoms with E-state index in [1.165, 1.54) is 0 Å². The van der Waals surface area contributed by atoms with Gasteiger partial charge < -0.3 is 17.7 Å². The van der Waals surface area contributed by atoms with E-state index < -0.39 is 5.97 Å². The van der Waals surface area contributed by atoms with Crippen molar-refractivity contribution in [2.75, 3.05) is 0 Å². The van der Waals surface area contributed by atoms with Crippen molar-refractivity contribution in [2.24, 2.45) is 7.05 Å². The Balaban J connectivity index is 2.81. The molecule has 0 fully saturated rings. The highest BCUT2D eigenvalue weighted by molar-refractivity contribution is 7.58. The molecule has 1 heterocycles. The highest BCUT2D eigenvalue weighted by atomic mass is 32.1. The summed E-state index contributed by atoms with van der Waals surface area (Å²) in [5.41, 5.74) is 0. The predicted octanol–water partition coefficient (Wildman–Crippen LogP) is 0.192. The van der Waals surface area contributed by atoms with Gasteiger partial charge in [-0.25, -0.2) is 0 Å². The van der Waals surface area contributed by atoms with Gasteiger partial charge in [0.25, 0.3) is 0 Å². The van der Waals surface area contributed by atoms with Crippen LogP contribution in [0.25, 0.3) is 0 Å². The molecule has 0 unspecified atom stereocenters. The first-order valence-corrected chi connectivity index (χ1v) is 4.25. The molecule has 6 heteroatoms. The molecule has 0 saturated carbocycles. The number of aromatic nitrogens is 3. The number of hydrogen-bond acceptors (Lipinski definition) is 3. The first kappa shape index (κ1) is 9.91. The molecule has 5 nitrogen and oxygen atoms in total. The number of rotatable bonds is 3. The van der Waals surface area contributed by atoms with Gasteiger partial charge in [0.2, 0.25) is 5.82 Å². The minimum atomic E-state index is -0.829. The topological polar surface area (TPSA) is 60.0 Å². The summed E-state index contributed by atoms with van der Waals surface area (Å²) >= 11 is 4.95. The number of carboxylic acid groups (broad SMARTS) is 1. The lowest BCUT2D eigenvalue weighted by atomic mass is 10.4. The lowest BCUT2D eigenvalue weighted by Gasteiger charge is -1.99. The van der Waals surface area contributed by atoms with Crippen molar-refractivity contribution in [2.45, 2.75) is 25.0 Å². The summed E-state index contributed by atoms with van der Waals surface area (Å²) in [7, 11) is 1.78. The molecule has 72 valence electrons. The van der Waals surface area contributed by atoms with Crippen molar-refractivity contribution in [3.05, 3.63) is 5.82 Å². The van der Waals surface area contributed by atoms with Gasteiger partial charge in [0.05, 0.1) is 26.9 Å². The zero-order chi connectivity index (χ0) is 10.0. The molecule has 0 aliphatic heterocycles. The van der Waals surface area contributed by atoms with Gasteiger partial charge in [0.1, 0.15) is 0 Å². The fraction of sp³-hybridized carbons (Fsp3) is 0.571. The van der Waals surface area contributed by atoms with E-state index in [1.807, 2.05) is 6.92 Å². The summed E-state index contributed by atoms with van der Waals surface area (Å²) in [6.07, 6.45) is 0.0703. The van der Waals surface area contributed by atoms with Crippen molar-refractivity contribution < 1.29 is 9.90 Å². The Hall–Kier alpha value is -1.17. The van der Waals surface area contributed by atoms with Crippen LogP contribution in [0, 0.1) is 6.92 Å². The average molecular weight is 201 g/mol. The van der Waals surface area contributed by atoms with E-state index in [2.05, 4.69) is 5.10 Å². The van der Waals surface area contributed by atoms with Gasteiger partial charge in [-0.2, -0.15) is 9.25 Å². The Morgan fingerprint density at radius 2 is 2.38 bits per heavy atom. The molecule has 0 aliphatic rings. The summed E-state index contributed by atoms with van der Waals surface area (Å²) in [6, 6.07) is 0. The van der Waals surface area contributed by atoms with E-state index in [4.69, 9.17) is 17.7 Å². The molecule has 0 saturated heterocycles. The Morgan fingerprint density at radius 3 is 2.77 bits per heavy atom. The molecule has 1 aromatic heterocycles. The van der Waals surface area contributed by atoms with Crippen LogP contribution in [0.15, 0.2) is 5.16 Å². The molecule has 13 heavy (non-hydrogen) atoms. The summed E-state index contributed by atoms with van der Waals surface area (Å²) in [5.74, 6) is 0.0383. The van der Waals surface area contributed by atoms with Crippen LogP contribution >= 0.6 is 0 Å². The van der Waals surface area contributed by atoms with Crippen LogP contribution in [0.1, 0.15) is 12.2 Å². The Kier molecular flexibility index (Phi) is 2.82. The van der Waals surface area contributed by atoms with Crippen molar-refractivity contribution in [1.29, 1.82) is 0 Å². The third-order valence-electron chi connectivity index (χ3n) is 1.87. The van der Waals surface area contributed by atoms with E-state index in [0.717, 1.165) is 5.82 Å². The van der Waals surface area contributed by atoms with Crippen molar-refractivity contribution in [3.8, 4) is 0 Å². The molecule has 0 aliphatic carbocycles. The first-order valence-electron chi connectivity index (χ1n) is 3.84. The molecule has 1 N–H and O–H groups in total. The number of nitrogens with zero attached hydrogens (tertiary/aromatic N) is 3. The van der Waals surface area contributed by atoms with Gasteiger partial charge in [-0.3, -0.25) is 4.79 Å². The number of carbonyl (C=O) groups is 1. The molecule has 0 bridgehead atoms. The fourth-order valence-electron chi connectivity index (χ4n) is 1.03. The third-order valence-corrected chi connectivity index (χ3v) is 2.18. The molecule has 1 aromatic rings. The maximum absolute atomic E-state index is 10.3. The Labute approximate surface area is 81.4 Å². The summed E-state index contributed by atoms with van der Waals surface area (Å²) in [5, 5.41) is 12.9. The summed E-state index contributed by atoms with van der Waals surface area (Å²) in [6.45, 7) is 2.23. The van der Waals surface area contributed by atoms with Crippen LogP contribution in [-0.4, -0.2) is 25.4 Å². The minimum absolute atomic E-state index is 0.0703. The maximum Gasteiger partial charge on any atom is 0.305 e. The Bertz CT molecular complexity index is 335. The minimum Gasteiger partial charge on any atom is -0.613 e. The monoisotopic (exact) mass is 201 g/mol. The van der Waals surface area contributed by atoms with Crippen LogP contribution in [0.4, 0.5) is 0 Å². The molecule has 0 atom stereocenters. The van der Waals surface area contributed by atoms with Crippen LogP contribution < -0.4 is 0 Å². The SMILES string of the molecule is C[c+]1n(C)nc([S-])n1CCC(=O)O. The smallest absolute Gasteiger partial charge is 0.305 e. The normalized spacial score (nSPS) is 10.3. The van der Waals surface area contributed by atoms with Crippen LogP contribution in [-0.2, 0) is 31.0 Å². The van der Waals surface area contributed by atoms with Gasteiger partial charge >= 0.3 is 5.97 Å². The van der Waals surface area contributed by atoms with E-state index in [0.29, 0.717) is 11.7 Å². The van der Waals surface area contributed by atoms with Gasteiger partial charge in [-0.1, -0.05) is 5.10 Å². The van der Waals surface area contributed by atoms with Crippen molar-refractivity contribution in [3.63, 3.8) is 0 Å². The predicted molar refractivity (Wildman–Crippen MR) is 48.2 cm³/mol. The number of aryl methyl sites for hydroxylation is 1. The molecule has 0 spiro atoms. The standard InChI is InChI=1S/C7H11N3O2S/c1-5-9(2)8-7(13)10(5)4-3-6(11)12/h3-4H2,1-2H3,(H-,8,11,12,13). The lowest BCUT2D eigenvalue weighted by Crippen LogP contribution is -2.08. The van der Waals surface area contributed by atoms with Gasteiger partial charge in [-0.05, 0) is 0 Å². The second-order valence-corrected chi connectivity index (χ2v) is 3.11. The molecule has 0 radical (unpaired) electrons. The van der Waals surface area contributed by atoms with Gasteiger partial charge in [0, 0.05) is 0 Å². The summed E-state index contributed by atoms with van der Waals surface area (Å²) < 4.78 is 3.35. The second-order valence-electron chi connectivity index (χ2n) is 2.75. The third kappa shape index (κ3) is 2.15. The number of aliphatic carboxylic acids is 1. The second kappa shape index (κ2) is 3.69. The highest BCUT2D eigenvalue weighted by Gasteiger charge is 2.12. The molecule has 1 rings (SSSR count). The molecule has 0 amide bonds. The van der Waals surface area contributed by atoms with E-state index in [-0.39, 0.29) is 6.42 Å². The zero-order valence-corrected chi connectivity index (χ0v) is 8.34. The van der Waals surface area contributed by atoms with E-state index >= 15 is 0 Å². The highest BCUT2D eigenvalue weighted by Crippen LogP contribution is 2.04. The average Bonchev–Trinajstić information content (AvgIpc) is 2.24. The van der Waals surface area contributed by atoms with Crippen LogP contribution in [0.3, 0.4) is 0 Å². The van der Waals surface area contributed by atoms with Crippen molar-refractivity contribution in [1.82, 2.24) is 14.3 Å². The fourth-order valence-corrected chi connectivity index (χ4v) is 1.38. The number of hydrogen-bond donors (Lipinski definition) is 1. The largest absolute Gasteiger partial charge is 0.613 e. The molecular formula is C7H11N3O2S. The molecule has 0 aromatic carbocycles. The first-order chi connectivity index (χ1) is 6.02.